The maximum atomic E-state index is 12.3. The van der Waals surface area contributed by atoms with Gasteiger partial charge >= 0.3 is 5.97 Å². The van der Waals surface area contributed by atoms with Crippen LogP contribution in [0.1, 0.15) is 38.3 Å². The number of hydrogen-bond acceptors (Lipinski definition) is 21. The fourth-order valence-electron chi connectivity index (χ4n) is 5.05. The van der Waals surface area contributed by atoms with Crippen LogP contribution in [0, 0.1) is 0 Å². The number of phosphoric ester groups is 2. The predicted octanol–water partition coefficient (Wildman–Crippen LogP) is -1.28. The molecular formula is C23H33N5O15P2S2-2. The number of nitrogen functional groups attached to an aromatic ring is 1. The molecule has 3 fully saturated rings. The number of carbonyl (C=O) groups excluding carboxylic acids is 1. The van der Waals surface area contributed by atoms with E-state index in [9.17, 15) is 44.1 Å². The molecule has 47 heavy (non-hydrogen) atoms. The molecule has 0 saturated carbocycles. The third-order valence-corrected chi connectivity index (χ3v) is 13.0. The fraction of sp³-hybridized carbons (Fsp3) is 0.739. The molecule has 0 bridgehead atoms. The van der Waals surface area contributed by atoms with Crippen LogP contribution in [0.4, 0.5) is 5.82 Å². The molecule has 5 heterocycles. The van der Waals surface area contributed by atoms with Gasteiger partial charge in [0.05, 0.1) is 19.5 Å². The van der Waals surface area contributed by atoms with Gasteiger partial charge in [-0.2, -0.15) is 0 Å². The van der Waals surface area contributed by atoms with Gasteiger partial charge < -0.3 is 59.2 Å². The van der Waals surface area contributed by atoms with Crippen LogP contribution in [-0.2, 0) is 41.5 Å². The topological polar surface area (TPSA) is 303 Å². The first-order valence-corrected chi connectivity index (χ1v) is 19.6. The summed E-state index contributed by atoms with van der Waals surface area (Å²) in [6.07, 6.45) is -6.92. The predicted molar refractivity (Wildman–Crippen MR) is 158 cm³/mol. The van der Waals surface area contributed by atoms with Crippen LogP contribution >= 0.6 is 37.2 Å². The molecule has 0 radical (unpaired) electrons. The number of ether oxygens (including phenoxy) is 3. The minimum Gasteiger partial charge on any atom is -0.756 e. The summed E-state index contributed by atoms with van der Waals surface area (Å²) in [7, 11) is -7.72. The van der Waals surface area contributed by atoms with Gasteiger partial charge in [0.2, 0.25) is 0 Å². The molecule has 3 unspecified atom stereocenters. The van der Waals surface area contributed by atoms with Crippen molar-refractivity contribution >= 4 is 60.2 Å². The summed E-state index contributed by atoms with van der Waals surface area (Å²) in [6.45, 7) is -2.00. The lowest BCUT2D eigenvalue weighted by molar-refractivity contribution is -0.247. The van der Waals surface area contributed by atoms with Crippen LogP contribution in [0.15, 0.2) is 12.7 Å². The van der Waals surface area contributed by atoms with Crippen molar-refractivity contribution in [2.24, 2.45) is 0 Å². The first-order valence-electron chi connectivity index (χ1n) is 14.3. The number of unbranched alkanes of at least 4 members (excludes halogenated alkanes) is 1. The zero-order valence-corrected chi connectivity index (χ0v) is 27.8. The van der Waals surface area contributed by atoms with Crippen LogP contribution in [-0.4, -0.2) is 113 Å². The quantitative estimate of drug-likeness (QED) is 0.0613. The molecule has 5 rings (SSSR count). The van der Waals surface area contributed by atoms with Crippen LogP contribution in [0.2, 0.25) is 0 Å². The Morgan fingerprint density at radius 2 is 1.72 bits per heavy atom. The Morgan fingerprint density at radius 1 is 1.02 bits per heavy atom. The lowest BCUT2D eigenvalue weighted by Crippen LogP contribution is -2.38. The van der Waals surface area contributed by atoms with Crippen molar-refractivity contribution in [3.05, 3.63) is 12.7 Å². The van der Waals surface area contributed by atoms with Gasteiger partial charge in [0.25, 0.3) is 15.6 Å². The average Bonchev–Trinajstić information content (AvgIpc) is 3.79. The van der Waals surface area contributed by atoms with Crippen LogP contribution < -0.4 is 15.5 Å². The third-order valence-electron chi connectivity index (χ3n) is 7.46. The van der Waals surface area contributed by atoms with Crippen LogP contribution in [0.5, 0.6) is 0 Å². The van der Waals surface area contributed by atoms with E-state index in [1.54, 1.807) is 0 Å². The average molecular weight is 746 g/mol. The minimum atomic E-state index is -5.69. The molecule has 0 aliphatic carbocycles. The smallest absolute Gasteiger partial charge is 0.306 e. The van der Waals surface area contributed by atoms with Crippen molar-refractivity contribution in [2.45, 2.75) is 86.5 Å². The number of fused-ring (bicyclic) bond motifs is 1. The van der Waals surface area contributed by atoms with Gasteiger partial charge in [-0.3, -0.25) is 18.5 Å². The molecule has 0 aromatic carbocycles. The van der Waals surface area contributed by atoms with E-state index in [0.29, 0.717) is 11.7 Å². The Hall–Kier alpha value is -1.46. The normalized spacial score (nSPS) is 33.6. The van der Waals surface area contributed by atoms with E-state index >= 15 is 0 Å². The van der Waals surface area contributed by atoms with E-state index in [0.717, 1.165) is 31.3 Å². The molecule has 0 spiro atoms. The molecule has 2 aromatic rings. The maximum Gasteiger partial charge on any atom is 0.306 e. The third kappa shape index (κ3) is 9.21. The van der Waals surface area contributed by atoms with Crippen molar-refractivity contribution in [1.82, 2.24) is 19.5 Å². The second-order valence-electron chi connectivity index (χ2n) is 10.8. The van der Waals surface area contributed by atoms with Gasteiger partial charge in [0.15, 0.2) is 30.1 Å². The molecule has 6 N–H and O–H groups in total. The van der Waals surface area contributed by atoms with Gasteiger partial charge in [-0.15, -0.1) is 0 Å². The van der Waals surface area contributed by atoms with Gasteiger partial charge in [-0.25, -0.2) is 19.3 Å². The standard InChI is InChI=1S/C23H35N5O15P2S2/c24-20-15-21(26-9-25-20)28(10-27-15)22-18(32)16(30)12(40-22)7-38-44(34,35)43-45(36,37)39-8-13-17(31)19(23(33)41-13)42-14(29)4-2-1-3-11-5-6-46-47-11/h9-13,16-19,22-23,30-33H,1-8H2,(H,34,35)(H,36,37)(H2,24,25,26)/p-2/t11-,12-,13-,16-,17-,18-,19-,22-,23?/m1/s1. The van der Waals surface area contributed by atoms with Gasteiger partial charge in [0.1, 0.15) is 42.4 Å². The maximum absolute atomic E-state index is 12.3. The highest BCUT2D eigenvalue weighted by Gasteiger charge is 2.47. The number of aliphatic hydroxyl groups excluding tert-OH is 4. The van der Waals surface area contributed by atoms with Gasteiger partial charge in [0, 0.05) is 17.4 Å². The van der Waals surface area contributed by atoms with Crippen molar-refractivity contribution in [3.8, 4) is 0 Å². The first-order chi connectivity index (χ1) is 22.2. The molecule has 2 aromatic heterocycles. The van der Waals surface area contributed by atoms with Crippen molar-refractivity contribution < 1.29 is 71.7 Å². The molecule has 3 saturated heterocycles. The largest absolute Gasteiger partial charge is 0.756 e. The van der Waals surface area contributed by atoms with Crippen LogP contribution in [0.25, 0.3) is 11.2 Å². The monoisotopic (exact) mass is 745 g/mol. The van der Waals surface area contributed by atoms with E-state index in [1.165, 1.54) is 10.9 Å². The number of aromatic nitrogens is 4. The van der Waals surface area contributed by atoms with Crippen molar-refractivity contribution in [2.75, 3.05) is 24.7 Å². The summed E-state index contributed by atoms with van der Waals surface area (Å²) in [6, 6.07) is 0. The number of anilines is 1. The highest BCUT2D eigenvalue weighted by atomic mass is 33.1. The summed E-state index contributed by atoms with van der Waals surface area (Å²) < 4.78 is 54.6. The lowest BCUT2D eigenvalue weighted by atomic mass is 10.1. The number of aliphatic hydroxyl groups is 4. The summed E-state index contributed by atoms with van der Waals surface area (Å²) in [5.41, 5.74) is 6.07. The van der Waals surface area contributed by atoms with E-state index in [4.69, 9.17) is 19.9 Å². The van der Waals surface area contributed by atoms with E-state index in [1.807, 2.05) is 21.6 Å². The van der Waals surface area contributed by atoms with Gasteiger partial charge in [-0.05, 0) is 19.3 Å². The number of phosphoric acid groups is 2. The molecule has 20 nitrogen and oxygen atoms in total. The molecule has 3 aliphatic heterocycles. The van der Waals surface area contributed by atoms with E-state index in [-0.39, 0.29) is 23.4 Å². The fourth-order valence-corrected chi connectivity index (χ4v) is 10.1. The molecule has 11 atom stereocenters. The SMILES string of the molecule is Nc1ncnc2c1ncn2[C@@H]1O[C@H](COP(=O)([O-])OP(=O)([O-])OC[C@H]2OC(O)[C@H](OC(=O)CCCC[C@@H]3CCSS3)[C@@H]2O)[C@@H](O)[C@H]1O. The van der Waals surface area contributed by atoms with Crippen molar-refractivity contribution in [3.63, 3.8) is 0 Å². The van der Waals surface area contributed by atoms with E-state index in [2.05, 4.69) is 28.3 Å². The number of nitrogens with zero attached hydrogens (tertiary/aromatic N) is 4. The molecule has 24 heteroatoms. The number of imidazole rings is 1. The first kappa shape index (κ1) is 36.8. The Balaban J connectivity index is 1.06. The van der Waals surface area contributed by atoms with Crippen molar-refractivity contribution in [1.29, 1.82) is 0 Å². The second kappa shape index (κ2) is 15.6. The highest BCUT2D eigenvalue weighted by molar-refractivity contribution is 8.77. The Labute approximate surface area is 274 Å². The summed E-state index contributed by atoms with van der Waals surface area (Å²) >= 11 is 0. The molecule has 264 valence electrons. The lowest BCUT2D eigenvalue weighted by Gasteiger charge is -2.32. The number of carbonyl (C=O) groups is 1. The zero-order valence-electron chi connectivity index (χ0n) is 24.4. The molecule has 3 aliphatic rings. The minimum absolute atomic E-state index is 0.0388. The number of hydrogen-bond donors (Lipinski definition) is 5. The zero-order chi connectivity index (χ0) is 33.9. The summed E-state index contributed by atoms with van der Waals surface area (Å²) in [4.78, 5) is 48.6. The Bertz CT molecular complexity index is 1490. The summed E-state index contributed by atoms with van der Waals surface area (Å²) in [5.74, 6) is 0.448. The molecule has 0 amide bonds. The molecular weight excluding hydrogens is 712 g/mol. The highest BCUT2D eigenvalue weighted by Crippen LogP contribution is 2.56. The number of rotatable bonds is 15. The number of esters is 1. The van der Waals surface area contributed by atoms with Crippen LogP contribution in [0.3, 0.4) is 0 Å². The Kier molecular flexibility index (Phi) is 12.2. The van der Waals surface area contributed by atoms with Gasteiger partial charge in [-0.1, -0.05) is 28.0 Å². The second-order valence-corrected chi connectivity index (χ2v) is 16.5. The summed E-state index contributed by atoms with van der Waals surface area (Å²) in [5, 5.41) is 41.9. The Morgan fingerprint density at radius 3 is 2.40 bits per heavy atom. The number of nitrogens with two attached hydrogens (primary N) is 1. The van der Waals surface area contributed by atoms with E-state index < -0.39 is 84.0 Å².